The average molecular weight is 291 g/mol. The van der Waals surface area contributed by atoms with Gasteiger partial charge in [-0.3, -0.25) is 0 Å². The van der Waals surface area contributed by atoms with E-state index in [-0.39, 0.29) is 13.0 Å². The molecule has 0 rings (SSSR count). The minimum atomic E-state index is -0.233. The molecule has 0 heterocycles. The Kier molecular flexibility index (Phi) is 10.8. The van der Waals surface area contributed by atoms with E-state index < -0.39 is 0 Å². The summed E-state index contributed by atoms with van der Waals surface area (Å²) in [7, 11) is 0. The Balaban J connectivity index is 4.11. The summed E-state index contributed by atoms with van der Waals surface area (Å²) in [5.41, 5.74) is 5.15. The van der Waals surface area contributed by atoms with Crippen molar-refractivity contribution < 1.29 is 6.48 Å². The summed E-state index contributed by atoms with van der Waals surface area (Å²) in [4.78, 5) is 0. The highest BCUT2D eigenvalue weighted by Gasteiger charge is 1.93. The van der Waals surface area contributed by atoms with Gasteiger partial charge in [-0.2, -0.15) is 0 Å². The topological polar surface area (TPSA) is 20.2 Å². The van der Waals surface area contributed by atoms with E-state index in [2.05, 4.69) is 45.9 Å². The fraction of sp³-hybridized carbons (Fsp3) is 0.600. The van der Waals surface area contributed by atoms with Crippen LogP contribution in [0, 0.1) is 0 Å². The molecule has 0 fully saturated rings. The van der Waals surface area contributed by atoms with Crippen molar-refractivity contribution in [2.45, 2.75) is 73.1 Å². The lowest BCUT2D eigenvalue weighted by Crippen LogP contribution is -1.83. The lowest BCUT2D eigenvalue weighted by Gasteiger charge is -2.02. The van der Waals surface area contributed by atoms with Crippen molar-refractivity contribution in [2.75, 3.05) is 6.61 Å². The first-order valence-electron chi connectivity index (χ1n) is 8.59. The molecule has 0 bridgehead atoms. The summed E-state index contributed by atoms with van der Waals surface area (Å²) in [5.74, 6) is 0. The first kappa shape index (κ1) is 18.0. The van der Waals surface area contributed by atoms with Crippen molar-refractivity contribution in [1.29, 1.82) is 0 Å². The van der Waals surface area contributed by atoms with E-state index in [1.165, 1.54) is 16.7 Å². The molecule has 0 amide bonds. The second-order valence-corrected chi connectivity index (χ2v) is 6.03. The SMILES string of the molecule is [2H][C@H](C/C=C(\C)CC/C=C(\C)CCC=C(C)C)/C(C)=C/CO. The van der Waals surface area contributed by atoms with Crippen LogP contribution in [0.15, 0.2) is 46.6 Å². The van der Waals surface area contributed by atoms with Crippen molar-refractivity contribution in [2.24, 2.45) is 0 Å². The van der Waals surface area contributed by atoms with Gasteiger partial charge in [0.25, 0.3) is 0 Å². The van der Waals surface area contributed by atoms with Gasteiger partial charge in [0.1, 0.15) is 0 Å². The highest BCUT2D eigenvalue weighted by molar-refractivity contribution is 5.07. The van der Waals surface area contributed by atoms with Gasteiger partial charge in [-0.25, -0.2) is 0 Å². The lowest BCUT2D eigenvalue weighted by atomic mass is 10.0. The minimum absolute atomic E-state index is 0.0285. The predicted octanol–water partition coefficient (Wildman–Crippen LogP) is 6.12. The third kappa shape index (κ3) is 13.7. The molecule has 1 nitrogen and oxygen atoms in total. The molecular formula is C20H34O. The maximum absolute atomic E-state index is 8.84. The van der Waals surface area contributed by atoms with Crippen molar-refractivity contribution in [1.82, 2.24) is 0 Å². The third-order valence-electron chi connectivity index (χ3n) is 3.44. The van der Waals surface area contributed by atoms with Crippen molar-refractivity contribution in [3.63, 3.8) is 0 Å². The van der Waals surface area contributed by atoms with E-state index >= 15 is 0 Å². The largest absolute Gasteiger partial charge is 0.392 e. The Hall–Kier alpha value is -1.08. The Bertz CT molecular complexity index is 423. The fourth-order valence-electron chi connectivity index (χ4n) is 2.01. The summed E-state index contributed by atoms with van der Waals surface area (Å²) in [6, 6.07) is 0. The van der Waals surface area contributed by atoms with E-state index in [9.17, 15) is 0 Å². The summed E-state index contributed by atoms with van der Waals surface area (Å²) in [5, 5.41) is 8.84. The van der Waals surface area contributed by atoms with Crippen molar-refractivity contribution >= 4 is 0 Å². The van der Waals surface area contributed by atoms with Gasteiger partial charge >= 0.3 is 0 Å². The second kappa shape index (κ2) is 12.6. The number of hydrogen-bond donors (Lipinski definition) is 1. The fourth-order valence-corrected chi connectivity index (χ4v) is 2.01. The van der Waals surface area contributed by atoms with Gasteiger partial charge in [-0.15, -0.1) is 0 Å². The standard InChI is InChI=1S/C20H34O/c1-17(2)9-6-10-18(3)11-7-12-19(4)13-8-14-20(5)15-16-21/h9,11,13,15,21H,6-8,10,12,14,16H2,1-5H3/b18-11+,19-13+,20-15+/i14D/t14-/m1/s1. The third-order valence-corrected chi connectivity index (χ3v) is 3.44. The molecule has 0 saturated carbocycles. The number of aliphatic hydroxyl groups is 1. The highest BCUT2D eigenvalue weighted by Crippen LogP contribution is 2.13. The maximum Gasteiger partial charge on any atom is 0.0614 e. The summed E-state index contributed by atoms with van der Waals surface area (Å²) in [6.07, 6.45) is 13.4. The van der Waals surface area contributed by atoms with Gasteiger partial charge in [0.2, 0.25) is 0 Å². The Morgan fingerprint density at radius 3 is 1.81 bits per heavy atom. The molecule has 0 unspecified atom stereocenters. The Labute approximate surface area is 133 Å². The molecule has 21 heavy (non-hydrogen) atoms. The van der Waals surface area contributed by atoms with Crippen LogP contribution in [0.3, 0.4) is 0 Å². The molecular weight excluding hydrogens is 256 g/mol. The van der Waals surface area contributed by atoms with E-state index in [1.54, 1.807) is 6.08 Å². The Morgan fingerprint density at radius 1 is 0.762 bits per heavy atom. The summed E-state index contributed by atoms with van der Waals surface area (Å²) >= 11 is 0. The van der Waals surface area contributed by atoms with E-state index in [4.69, 9.17) is 6.48 Å². The molecule has 0 aliphatic rings. The smallest absolute Gasteiger partial charge is 0.0614 e. The average Bonchev–Trinajstić information content (AvgIpc) is 2.44. The van der Waals surface area contributed by atoms with Gasteiger partial charge in [-0.1, -0.05) is 46.6 Å². The zero-order valence-electron chi connectivity index (χ0n) is 15.6. The van der Waals surface area contributed by atoms with Gasteiger partial charge in [0, 0.05) is 1.37 Å². The first-order chi connectivity index (χ1) is 10.4. The lowest BCUT2D eigenvalue weighted by molar-refractivity contribution is 0.341. The minimum Gasteiger partial charge on any atom is -0.392 e. The number of rotatable bonds is 10. The summed E-state index contributed by atoms with van der Waals surface area (Å²) in [6.45, 7) is 10.6. The van der Waals surface area contributed by atoms with Crippen LogP contribution in [-0.4, -0.2) is 11.7 Å². The zero-order valence-corrected chi connectivity index (χ0v) is 14.6. The molecule has 0 aromatic rings. The number of aliphatic hydroxyl groups excluding tert-OH is 1. The molecule has 0 saturated heterocycles. The molecule has 1 N–H and O–H groups in total. The quantitative estimate of drug-likeness (QED) is 0.480. The van der Waals surface area contributed by atoms with Crippen molar-refractivity contribution in [3.8, 4) is 0 Å². The van der Waals surface area contributed by atoms with Crippen LogP contribution in [0.4, 0.5) is 0 Å². The van der Waals surface area contributed by atoms with E-state index in [1.807, 2.05) is 6.92 Å². The van der Waals surface area contributed by atoms with Crippen LogP contribution in [0.2, 0.25) is 0 Å². The predicted molar refractivity (Wildman–Crippen MR) is 95.5 cm³/mol. The molecule has 0 aliphatic carbocycles. The normalized spacial score (nSPS) is 15.7. The van der Waals surface area contributed by atoms with Gasteiger partial charge in [-0.05, 0) is 73.1 Å². The molecule has 0 aromatic heterocycles. The van der Waals surface area contributed by atoms with Crippen LogP contribution < -0.4 is 0 Å². The van der Waals surface area contributed by atoms with E-state index in [0.29, 0.717) is 0 Å². The van der Waals surface area contributed by atoms with E-state index in [0.717, 1.165) is 37.7 Å². The van der Waals surface area contributed by atoms with Gasteiger partial charge in [0.05, 0.1) is 6.61 Å². The molecule has 1 heteroatoms. The molecule has 1 atom stereocenters. The van der Waals surface area contributed by atoms with Crippen LogP contribution in [0.5, 0.6) is 0 Å². The van der Waals surface area contributed by atoms with Crippen molar-refractivity contribution in [3.05, 3.63) is 46.6 Å². The molecule has 120 valence electrons. The summed E-state index contributed by atoms with van der Waals surface area (Å²) < 4.78 is 7.99. The molecule has 0 spiro atoms. The Morgan fingerprint density at radius 2 is 1.29 bits per heavy atom. The van der Waals surface area contributed by atoms with Crippen LogP contribution >= 0.6 is 0 Å². The van der Waals surface area contributed by atoms with Crippen LogP contribution in [0.25, 0.3) is 0 Å². The van der Waals surface area contributed by atoms with Crippen LogP contribution in [-0.2, 0) is 0 Å². The number of allylic oxidation sites excluding steroid dienone is 7. The zero-order chi connectivity index (χ0) is 17.0. The molecule has 0 aliphatic heterocycles. The van der Waals surface area contributed by atoms with Gasteiger partial charge < -0.3 is 5.11 Å². The van der Waals surface area contributed by atoms with Crippen LogP contribution in [0.1, 0.15) is 74.5 Å². The van der Waals surface area contributed by atoms with Gasteiger partial charge in [0.15, 0.2) is 0 Å². The second-order valence-electron chi connectivity index (χ2n) is 6.03. The number of hydrogen-bond acceptors (Lipinski definition) is 1. The maximum atomic E-state index is 8.84. The first-order valence-corrected chi connectivity index (χ1v) is 8.01. The monoisotopic (exact) mass is 291 g/mol. The highest BCUT2D eigenvalue weighted by atomic mass is 16.2. The molecule has 0 aromatic carbocycles. The molecule has 0 radical (unpaired) electrons.